The summed E-state index contributed by atoms with van der Waals surface area (Å²) in [5.74, 6) is 1.82. The van der Waals surface area contributed by atoms with E-state index in [0.29, 0.717) is 18.5 Å². The fraction of sp³-hybridized carbons (Fsp3) is 0.444. The standard InChI is InChI=1S/C18H25N3O4S/c1-6-18(7-2,8-3)20-17(23)13(4)21-26(24,25)16-11-9-15(10-12-16)19-14(5)22/h1,9-13,21H,7-8H2,2-5H3,(H,19,22)(H,20,23)/t13-/m0/s1. The highest BCUT2D eigenvalue weighted by Gasteiger charge is 2.29. The molecule has 0 spiro atoms. The van der Waals surface area contributed by atoms with Gasteiger partial charge in [-0.05, 0) is 44.0 Å². The molecule has 0 aliphatic carbocycles. The number of carbonyl (C=O) groups is 2. The summed E-state index contributed by atoms with van der Waals surface area (Å²) in [4.78, 5) is 23.3. The molecule has 142 valence electrons. The van der Waals surface area contributed by atoms with Gasteiger partial charge in [0.1, 0.15) is 5.54 Å². The number of amides is 2. The topological polar surface area (TPSA) is 104 Å². The molecule has 0 aliphatic rings. The van der Waals surface area contributed by atoms with Gasteiger partial charge in [-0.15, -0.1) is 6.42 Å². The molecule has 1 aromatic rings. The third-order valence-electron chi connectivity index (χ3n) is 4.06. The van der Waals surface area contributed by atoms with Gasteiger partial charge in [-0.1, -0.05) is 19.8 Å². The van der Waals surface area contributed by atoms with E-state index in [1.165, 1.54) is 38.1 Å². The maximum atomic E-state index is 12.4. The lowest BCUT2D eigenvalue weighted by molar-refractivity contribution is -0.123. The zero-order valence-electron chi connectivity index (χ0n) is 15.4. The van der Waals surface area contributed by atoms with E-state index >= 15 is 0 Å². The van der Waals surface area contributed by atoms with Crippen molar-refractivity contribution in [2.75, 3.05) is 5.32 Å². The molecule has 0 saturated heterocycles. The molecular formula is C18H25N3O4S. The van der Waals surface area contributed by atoms with Crippen LogP contribution in [0.3, 0.4) is 0 Å². The molecule has 7 nitrogen and oxygen atoms in total. The second-order valence-corrected chi connectivity index (χ2v) is 7.69. The summed E-state index contributed by atoms with van der Waals surface area (Å²) < 4.78 is 27.2. The number of carbonyl (C=O) groups excluding carboxylic acids is 2. The van der Waals surface area contributed by atoms with Gasteiger partial charge in [0, 0.05) is 12.6 Å². The second-order valence-electron chi connectivity index (χ2n) is 5.97. The fourth-order valence-electron chi connectivity index (χ4n) is 2.29. The van der Waals surface area contributed by atoms with Crippen LogP contribution >= 0.6 is 0 Å². The van der Waals surface area contributed by atoms with Crippen LogP contribution in [-0.2, 0) is 19.6 Å². The van der Waals surface area contributed by atoms with Crippen molar-refractivity contribution in [3.63, 3.8) is 0 Å². The van der Waals surface area contributed by atoms with Gasteiger partial charge in [0.25, 0.3) is 0 Å². The van der Waals surface area contributed by atoms with Gasteiger partial charge in [-0.3, -0.25) is 9.59 Å². The van der Waals surface area contributed by atoms with Gasteiger partial charge >= 0.3 is 0 Å². The molecule has 0 aliphatic heterocycles. The van der Waals surface area contributed by atoms with Gasteiger partial charge in [-0.25, -0.2) is 8.42 Å². The first-order valence-corrected chi connectivity index (χ1v) is 9.77. The SMILES string of the molecule is C#CC(CC)(CC)NC(=O)[C@H](C)NS(=O)(=O)c1ccc(NC(C)=O)cc1. The molecule has 2 amide bonds. The average Bonchev–Trinajstić information content (AvgIpc) is 2.59. The van der Waals surface area contributed by atoms with Crippen molar-refractivity contribution in [1.29, 1.82) is 0 Å². The predicted octanol–water partition coefficient (Wildman–Crippen LogP) is 1.62. The number of nitrogens with one attached hydrogen (secondary N) is 3. The molecule has 0 aromatic heterocycles. The molecule has 1 aromatic carbocycles. The molecule has 0 fully saturated rings. The third-order valence-corrected chi connectivity index (χ3v) is 5.61. The van der Waals surface area contributed by atoms with Crippen LogP contribution in [0.5, 0.6) is 0 Å². The molecule has 26 heavy (non-hydrogen) atoms. The minimum atomic E-state index is -3.90. The summed E-state index contributed by atoms with van der Waals surface area (Å²) in [6, 6.07) is 4.64. The van der Waals surface area contributed by atoms with Crippen molar-refractivity contribution in [3.8, 4) is 12.3 Å². The Kier molecular flexibility index (Phi) is 7.36. The van der Waals surface area contributed by atoms with Crippen LogP contribution in [0.4, 0.5) is 5.69 Å². The van der Waals surface area contributed by atoms with Crippen molar-refractivity contribution in [2.24, 2.45) is 0 Å². The number of hydrogen-bond acceptors (Lipinski definition) is 4. The predicted molar refractivity (Wildman–Crippen MR) is 101 cm³/mol. The first-order valence-electron chi connectivity index (χ1n) is 8.29. The smallest absolute Gasteiger partial charge is 0.241 e. The van der Waals surface area contributed by atoms with Crippen LogP contribution in [0.1, 0.15) is 40.5 Å². The van der Waals surface area contributed by atoms with Crippen LogP contribution in [0.2, 0.25) is 0 Å². The van der Waals surface area contributed by atoms with Crippen LogP contribution in [-0.4, -0.2) is 31.8 Å². The molecule has 0 unspecified atom stereocenters. The highest BCUT2D eigenvalue weighted by atomic mass is 32.2. The molecule has 1 rings (SSSR count). The first kappa shape index (κ1) is 21.7. The zero-order chi connectivity index (χ0) is 20.0. The normalized spacial score (nSPS) is 12.7. The molecule has 0 radical (unpaired) electrons. The molecular weight excluding hydrogens is 354 g/mol. The van der Waals surface area contributed by atoms with E-state index in [1.807, 2.05) is 13.8 Å². The van der Waals surface area contributed by atoms with E-state index in [1.54, 1.807) is 0 Å². The van der Waals surface area contributed by atoms with Gasteiger partial charge in [0.05, 0.1) is 10.9 Å². The van der Waals surface area contributed by atoms with E-state index < -0.39 is 27.5 Å². The Balaban J connectivity index is 2.87. The van der Waals surface area contributed by atoms with Crippen LogP contribution in [0, 0.1) is 12.3 Å². The van der Waals surface area contributed by atoms with Gasteiger partial charge in [-0.2, -0.15) is 4.72 Å². The number of anilines is 1. The summed E-state index contributed by atoms with van der Waals surface area (Å²) in [5, 5.41) is 5.29. The third kappa shape index (κ3) is 5.58. The summed E-state index contributed by atoms with van der Waals surface area (Å²) in [7, 11) is -3.90. The minimum absolute atomic E-state index is 0.0135. The number of terminal acetylenes is 1. The van der Waals surface area contributed by atoms with Gasteiger partial charge < -0.3 is 10.6 Å². The van der Waals surface area contributed by atoms with E-state index in [2.05, 4.69) is 21.3 Å². The molecule has 1 atom stereocenters. The maximum Gasteiger partial charge on any atom is 0.241 e. The summed E-state index contributed by atoms with van der Waals surface area (Å²) in [6.45, 7) is 6.52. The highest BCUT2D eigenvalue weighted by Crippen LogP contribution is 2.16. The van der Waals surface area contributed by atoms with E-state index in [4.69, 9.17) is 6.42 Å². The van der Waals surface area contributed by atoms with E-state index in [0.717, 1.165) is 0 Å². The Morgan fingerprint density at radius 1 is 1.19 bits per heavy atom. The maximum absolute atomic E-state index is 12.4. The zero-order valence-corrected chi connectivity index (χ0v) is 16.2. The average molecular weight is 379 g/mol. The summed E-state index contributed by atoms with van der Waals surface area (Å²) in [5.41, 5.74) is -0.316. The largest absolute Gasteiger partial charge is 0.338 e. The molecule has 0 saturated carbocycles. The van der Waals surface area contributed by atoms with E-state index in [9.17, 15) is 18.0 Å². The van der Waals surface area contributed by atoms with Crippen molar-refractivity contribution >= 4 is 27.5 Å². The van der Waals surface area contributed by atoms with Crippen LogP contribution in [0.25, 0.3) is 0 Å². The van der Waals surface area contributed by atoms with Gasteiger partial charge in [0.15, 0.2) is 0 Å². The van der Waals surface area contributed by atoms with Crippen molar-refractivity contribution in [2.45, 2.75) is 57.0 Å². The monoisotopic (exact) mass is 379 g/mol. The van der Waals surface area contributed by atoms with Crippen LogP contribution in [0.15, 0.2) is 29.2 Å². The first-order chi connectivity index (χ1) is 12.1. The quantitative estimate of drug-likeness (QED) is 0.597. The Hall–Kier alpha value is -2.37. The molecule has 3 N–H and O–H groups in total. The van der Waals surface area contributed by atoms with Crippen molar-refractivity contribution < 1.29 is 18.0 Å². The Bertz CT molecular complexity index is 791. The van der Waals surface area contributed by atoms with Crippen LogP contribution < -0.4 is 15.4 Å². The Labute approximate surface area is 155 Å². The lowest BCUT2D eigenvalue weighted by Crippen LogP contribution is -2.53. The number of rotatable bonds is 8. The van der Waals surface area contributed by atoms with Crippen molar-refractivity contribution in [1.82, 2.24) is 10.0 Å². The number of hydrogen-bond donors (Lipinski definition) is 3. The van der Waals surface area contributed by atoms with Crippen molar-refractivity contribution in [3.05, 3.63) is 24.3 Å². The number of benzene rings is 1. The second kappa shape index (κ2) is 8.83. The molecule has 8 heteroatoms. The van der Waals surface area contributed by atoms with Gasteiger partial charge in [0.2, 0.25) is 21.8 Å². The van der Waals surface area contributed by atoms with E-state index in [-0.39, 0.29) is 10.8 Å². The Morgan fingerprint density at radius 2 is 1.73 bits per heavy atom. The lowest BCUT2D eigenvalue weighted by Gasteiger charge is -2.28. The fourth-order valence-corrected chi connectivity index (χ4v) is 3.49. The minimum Gasteiger partial charge on any atom is -0.338 e. The highest BCUT2D eigenvalue weighted by molar-refractivity contribution is 7.89. The summed E-state index contributed by atoms with van der Waals surface area (Å²) >= 11 is 0. The summed E-state index contributed by atoms with van der Waals surface area (Å²) in [6.07, 6.45) is 6.59. The molecule has 0 bridgehead atoms. The Morgan fingerprint density at radius 3 is 2.15 bits per heavy atom. The number of sulfonamides is 1. The lowest BCUT2D eigenvalue weighted by atomic mass is 9.93. The molecule has 0 heterocycles.